The Hall–Kier alpha value is -1.91. The van der Waals surface area contributed by atoms with Crippen LogP contribution < -0.4 is 15.4 Å². The maximum absolute atomic E-state index is 13.4. The van der Waals surface area contributed by atoms with Gasteiger partial charge < -0.3 is 11.1 Å². The number of hydrogen-bond donors (Lipinski definition) is 2. The van der Waals surface area contributed by atoms with Crippen molar-refractivity contribution in [2.24, 2.45) is 28.9 Å². The van der Waals surface area contributed by atoms with Gasteiger partial charge in [0, 0.05) is 24.5 Å². The molecule has 2 atom stereocenters. The Kier molecular flexibility index (Phi) is 5.61. The summed E-state index contributed by atoms with van der Waals surface area (Å²) < 4.78 is 42.1. The quantitative estimate of drug-likeness (QED) is 0.646. The molecular weight excluding hydrogens is 471 g/mol. The van der Waals surface area contributed by atoms with E-state index in [2.05, 4.69) is 5.32 Å². The van der Waals surface area contributed by atoms with Gasteiger partial charge in [0.15, 0.2) is 0 Å². The van der Waals surface area contributed by atoms with Crippen LogP contribution in [-0.4, -0.2) is 50.2 Å². The maximum atomic E-state index is 13.4. The molecule has 11 heteroatoms. The molecular formula is C22H28ClFN4O4S. The van der Waals surface area contributed by atoms with E-state index in [1.807, 2.05) is 0 Å². The summed E-state index contributed by atoms with van der Waals surface area (Å²) in [6.07, 6.45) is 4.68. The first kappa shape index (κ1) is 22.9. The molecule has 6 rings (SSSR count). The van der Waals surface area contributed by atoms with E-state index in [1.54, 1.807) is 0 Å². The smallest absolute Gasteiger partial charge is 0.304 e. The Balaban J connectivity index is 1.28. The highest BCUT2D eigenvalue weighted by Crippen LogP contribution is 2.59. The van der Waals surface area contributed by atoms with Crippen molar-refractivity contribution in [3.8, 4) is 0 Å². The molecule has 8 nitrogen and oxygen atoms in total. The van der Waals surface area contributed by atoms with Gasteiger partial charge in [-0.1, -0.05) is 11.6 Å². The van der Waals surface area contributed by atoms with Crippen molar-refractivity contribution in [1.29, 1.82) is 0 Å². The van der Waals surface area contributed by atoms with E-state index < -0.39 is 21.4 Å². The summed E-state index contributed by atoms with van der Waals surface area (Å²) in [4.78, 5) is 25.1. The predicted molar refractivity (Wildman–Crippen MR) is 121 cm³/mol. The lowest BCUT2D eigenvalue weighted by molar-refractivity contribution is -0.147. The van der Waals surface area contributed by atoms with Crippen LogP contribution in [0.15, 0.2) is 18.2 Å². The molecule has 1 aromatic carbocycles. The summed E-state index contributed by atoms with van der Waals surface area (Å²) in [6.45, 7) is 0.128. The summed E-state index contributed by atoms with van der Waals surface area (Å²) in [6, 6.07) is 3.51. The number of primary amides is 1. The fourth-order valence-electron chi connectivity index (χ4n) is 6.80. The van der Waals surface area contributed by atoms with Crippen LogP contribution in [-0.2, 0) is 19.8 Å². The van der Waals surface area contributed by atoms with E-state index in [0.717, 1.165) is 40.0 Å². The number of nitrogens with zero attached hydrogens (tertiary/aromatic N) is 2. The molecule has 4 bridgehead atoms. The standard InChI is InChI=1S/C22H28ClFN4O4S/c23-17-8-16(24)2-3-18(17)28-5-1-4-27(33(28,31)32)12-19(29)26-20-14-6-13-7-15(20)11-22(9-13,10-14)21(25)30/h2-3,8,13-15,20H,1,4-7,9-12H2,(H2,25,30)(H,26,29). The number of hydrogen-bond acceptors (Lipinski definition) is 4. The van der Waals surface area contributed by atoms with E-state index in [1.165, 1.54) is 6.07 Å². The normalized spacial score (nSPS) is 34.9. The summed E-state index contributed by atoms with van der Waals surface area (Å²) in [5.41, 5.74) is 5.49. The Labute approximate surface area is 197 Å². The number of rotatable bonds is 5. The number of nitrogens with one attached hydrogen (secondary N) is 1. The fraction of sp³-hybridized carbons (Fsp3) is 0.636. The van der Waals surface area contributed by atoms with Crippen LogP contribution in [0.1, 0.15) is 38.5 Å². The van der Waals surface area contributed by atoms with Crippen LogP contribution in [0.2, 0.25) is 5.02 Å². The highest BCUT2D eigenvalue weighted by molar-refractivity contribution is 7.90. The molecule has 5 aliphatic rings. The number of carbonyl (C=O) groups excluding carboxylic acids is 2. The minimum atomic E-state index is -3.99. The molecule has 5 fully saturated rings. The molecule has 4 aliphatic carbocycles. The molecule has 0 spiro atoms. The average Bonchev–Trinajstić information content (AvgIpc) is 2.72. The molecule has 0 radical (unpaired) electrons. The van der Waals surface area contributed by atoms with Gasteiger partial charge in [-0.2, -0.15) is 12.7 Å². The third-order valence-electron chi connectivity index (χ3n) is 8.00. The van der Waals surface area contributed by atoms with Crippen molar-refractivity contribution in [2.45, 2.75) is 44.6 Å². The second-order valence-electron chi connectivity index (χ2n) is 10.1. The van der Waals surface area contributed by atoms with Gasteiger partial charge >= 0.3 is 10.2 Å². The SMILES string of the molecule is NC(=O)C12CC3CC(C1)C(NC(=O)CN1CCCN(c4ccc(F)cc4Cl)S1(=O)=O)C(C3)C2. The zero-order valence-corrected chi connectivity index (χ0v) is 19.7. The first-order chi connectivity index (χ1) is 15.6. The number of amides is 2. The fourth-order valence-corrected chi connectivity index (χ4v) is 8.81. The Bertz CT molecular complexity index is 1080. The number of halogens is 2. The monoisotopic (exact) mass is 498 g/mol. The van der Waals surface area contributed by atoms with Gasteiger partial charge in [0.2, 0.25) is 11.8 Å². The molecule has 0 aromatic heterocycles. The molecule has 180 valence electrons. The van der Waals surface area contributed by atoms with E-state index in [0.29, 0.717) is 25.2 Å². The molecule has 2 unspecified atom stereocenters. The third kappa shape index (κ3) is 3.89. The zero-order valence-electron chi connectivity index (χ0n) is 18.2. The second-order valence-corrected chi connectivity index (χ2v) is 12.3. The number of benzene rings is 1. The van der Waals surface area contributed by atoms with Gasteiger partial charge in [0.05, 0.1) is 17.3 Å². The maximum Gasteiger partial charge on any atom is 0.304 e. The Morgan fingerprint density at radius 3 is 2.52 bits per heavy atom. The highest BCUT2D eigenvalue weighted by Gasteiger charge is 2.58. The number of carbonyl (C=O) groups is 2. The van der Waals surface area contributed by atoms with Crippen LogP contribution in [0, 0.1) is 29.0 Å². The van der Waals surface area contributed by atoms with Crippen molar-refractivity contribution >= 4 is 39.3 Å². The molecule has 1 saturated heterocycles. The largest absolute Gasteiger partial charge is 0.369 e. The average molecular weight is 499 g/mol. The van der Waals surface area contributed by atoms with Gasteiger partial charge in [-0.15, -0.1) is 0 Å². The van der Waals surface area contributed by atoms with Crippen LogP contribution in [0.3, 0.4) is 0 Å². The molecule has 3 N–H and O–H groups in total. The highest BCUT2D eigenvalue weighted by atomic mass is 35.5. The van der Waals surface area contributed by atoms with Gasteiger partial charge in [0.1, 0.15) is 5.82 Å². The van der Waals surface area contributed by atoms with E-state index in [-0.39, 0.29) is 60.0 Å². The molecule has 4 saturated carbocycles. The molecule has 33 heavy (non-hydrogen) atoms. The summed E-state index contributed by atoms with van der Waals surface area (Å²) in [5, 5.41) is 3.09. The lowest BCUT2D eigenvalue weighted by Gasteiger charge is -2.58. The van der Waals surface area contributed by atoms with E-state index >= 15 is 0 Å². The lowest BCUT2D eigenvalue weighted by atomic mass is 9.47. The second kappa shape index (κ2) is 8.09. The molecule has 1 aliphatic heterocycles. The first-order valence-electron chi connectivity index (χ1n) is 11.4. The molecule has 1 heterocycles. The van der Waals surface area contributed by atoms with Crippen molar-refractivity contribution in [3.63, 3.8) is 0 Å². The van der Waals surface area contributed by atoms with Crippen molar-refractivity contribution in [3.05, 3.63) is 29.0 Å². The topological polar surface area (TPSA) is 113 Å². The van der Waals surface area contributed by atoms with Crippen LogP contribution in [0.5, 0.6) is 0 Å². The Morgan fingerprint density at radius 2 is 1.88 bits per heavy atom. The first-order valence-corrected chi connectivity index (χ1v) is 13.2. The van der Waals surface area contributed by atoms with Gasteiger partial charge in [-0.25, -0.2) is 4.39 Å². The molecule has 1 aromatic rings. The van der Waals surface area contributed by atoms with Gasteiger partial charge in [-0.3, -0.25) is 13.9 Å². The molecule has 2 amide bonds. The number of anilines is 1. The Morgan fingerprint density at radius 1 is 1.18 bits per heavy atom. The number of nitrogens with two attached hydrogens (primary N) is 1. The minimum Gasteiger partial charge on any atom is -0.369 e. The summed E-state index contributed by atoms with van der Waals surface area (Å²) in [5.74, 6) is -0.273. The van der Waals surface area contributed by atoms with Crippen molar-refractivity contribution in [2.75, 3.05) is 23.9 Å². The van der Waals surface area contributed by atoms with Crippen LogP contribution in [0.4, 0.5) is 10.1 Å². The zero-order chi connectivity index (χ0) is 23.5. The summed E-state index contributed by atoms with van der Waals surface area (Å²) >= 11 is 6.10. The predicted octanol–water partition coefficient (Wildman–Crippen LogP) is 2.03. The van der Waals surface area contributed by atoms with E-state index in [9.17, 15) is 22.4 Å². The summed E-state index contributed by atoms with van der Waals surface area (Å²) in [7, 11) is -3.99. The van der Waals surface area contributed by atoms with Crippen molar-refractivity contribution < 1.29 is 22.4 Å². The van der Waals surface area contributed by atoms with Gasteiger partial charge in [0.25, 0.3) is 0 Å². The lowest BCUT2D eigenvalue weighted by Crippen LogP contribution is -2.63. The van der Waals surface area contributed by atoms with Crippen LogP contribution in [0.25, 0.3) is 0 Å². The van der Waals surface area contributed by atoms with E-state index in [4.69, 9.17) is 17.3 Å². The third-order valence-corrected chi connectivity index (χ3v) is 10.2. The van der Waals surface area contributed by atoms with Crippen LogP contribution >= 0.6 is 11.6 Å². The van der Waals surface area contributed by atoms with Gasteiger partial charge in [-0.05, 0) is 74.5 Å². The minimum absolute atomic E-state index is 0.00172. The van der Waals surface area contributed by atoms with Crippen molar-refractivity contribution in [1.82, 2.24) is 9.62 Å².